The summed E-state index contributed by atoms with van der Waals surface area (Å²) in [5, 5.41) is 13.1. The van der Waals surface area contributed by atoms with E-state index in [4.69, 9.17) is 5.26 Å². The Kier molecular flexibility index (Phi) is 6.85. The zero-order valence-corrected chi connectivity index (χ0v) is 14.7. The molecule has 0 bridgehead atoms. The fourth-order valence-electron chi connectivity index (χ4n) is 2.11. The lowest BCUT2D eigenvalue weighted by Gasteiger charge is -2.11. The van der Waals surface area contributed by atoms with Crippen molar-refractivity contribution in [2.45, 2.75) is 11.1 Å². The molecule has 27 heavy (non-hydrogen) atoms. The number of carbonyl (C=O) groups excluding carboxylic acids is 2. The molecule has 0 saturated heterocycles. The van der Waals surface area contributed by atoms with E-state index in [9.17, 15) is 22.8 Å². The van der Waals surface area contributed by atoms with Crippen molar-refractivity contribution in [1.29, 1.82) is 5.26 Å². The topological polar surface area (TPSA) is 82.0 Å². The van der Waals surface area contributed by atoms with Crippen LogP contribution < -0.4 is 10.6 Å². The molecule has 2 aromatic rings. The Balaban J connectivity index is 2.11. The van der Waals surface area contributed by atoms with Crippen molar-refractivity contribution in [3.8, 4) is 6.07 Å². The fourth-order valence-corrected chi connectivity index (χ4v) is 2.82. The third-order valence-corrected chi connectivity index (χ3v) is 4.20. The van der Waals surface area contributed by atoms with Gasteiger partial charge in [-0.05, 0) is 30.3 Å². The highest BCUT2D eigenvalue weighted by atomic mass is 32.2. The Morgan fingerprint density at radius 1 is 1.07 bits per heavy atom. The van der Waals surface area contributed by atoms with Crippen LogP contribution in [0.1, 0.15) is 20.7 Å². The van der Waals surface area contributed by atoms with Gasteiger partial charge < -0.3 is 10.6 Å². The Morgan fingerprint density at radius 2 is 1.81 bits per heavy atom. The van der Waals surface area contributed by atoms with Crippen LogP contribution in [0.3, 0.4) is 0 Å². The summed E-state index contributed by atoms with van der Waals surface area (Å²) in [4.78, 5) is 24.9. The number of nitriles is 1. The quantitative estimate of drug-likeness (QED) is 0.731. The lowest BCUT2D eigenvalue weighted by molar-refractivity contribution is -0.123. The first-order chi connectivity index (χ1) is 12.8. The molecule has 0 saturated carbocycles. The van der Waals surface area contributed by atoms with Crippen molar-refractivity contribution in [1.82, 2.24) is 5.32 Å². The third-order valence-electron chi connectivity index (χ3n) is 3.26. The van der Waals surface area contributed by atoms with Crippen molar-refractivity contribution < 1.29 is 22.8 Å². The second-order valence-electron chi connectivity index (χ2n) is 5.28. The van der Waals surface area contributed by atoms with Crippen molar-refractivity contribution >= 4 is 29.3 Å². The molecule has 0 heterocycles. The van der Waals surface area contributed by atoms with Crippen LogP contribution in [0.4, 0.5) is 18.9 Å². The van der Waals surface area contributed by atoms with E-state index >= 15 is 0 Å². The third kappa shape index (κ3) is 6.34. The molecule has 2 N–H and O–H groups in total. The molecule has 5 nitrogen and oxygen atoms in total. The minimum Gasteiger partial charge on any atom is -0.343 e. The molecule has 0 atom stereocenters. The summed E-state index contributed by atoms with van der Waals surface area (Å²) in [6.07, 6.45) is -4.51. The smallest absolute Gasteiger partial charge is 0.343 e. The van der Waals surface area contributed by atoms with E-state index in [-0.39, 0.29) is 17.0 Å². The van der Waals surface area contributed by atoms with Crippen LogP contribution >= 0.6 is 11.8 Å². The summed E-state index contributed by atoms with van der Waals surface area (Å²) in [6.45, 7) is -1.44. The van der Waals surface area contributed by atoms with E-state index < -0.39 is 24.5 Å². The van der Waals surface area contributed by atoms with Crippen LogP contribution in [0.15, 0.2) is 53.4 Å². The molecule has 2 amide bonds. The van der Waals surface area contributed by atoms with Crippen LogP contribution in [-0.2, 0) is 0 Å². The number of carbonyl (C=O) groups is 2. The number of halogens is 3. The van der Waals surface area contributed by atoms with Gasteiger partial charge in [0.15, 0.2) is 0 Å². The number of thioether (sulfide) groups is 1. The Hall–Kier alpha value is -2.99. The van der Waals surface area contributed by atoms with Crippen molar-refractivity contribution in [2.24, 2.45) is 0 Å². The van der Waals surface area contributed by atoms with E-state index in [0.717, 1.165) is 0 Å². The minimum atomic E-state index is -4.51. The molecule has 0 aliphatic carbocycles. The van der Waals surface area contributed by atoms with Gasteiger partial charge in [-0.3, -0.25) is 9.59 Å². The molecule has 0 unspecified atom stereocenters. The van der Waals surface area contributed by atoms with E-state index in [0.29, 0.717) is 10.5 Å². The van der Waals surface area contributed by atoms with Crippen LogP contribution in [0.25, 0.3) is 0 Å². The maximum Gasteiger partial charge on any atom is 0.405 e. The van der Waals surface area contributed by atoms with E-state index in [1.54, 1.807) is 29.6 Å². The van der Waals surface area contributed by atoms with Gasteiger partial charge in [-0.2, -0.15) is 18.4 Å². The molecular weight excluding hydrogens is 379 g/mol. The maximum absolute atomic E-state index is 12.5. The molecule has 0 aromatic heterocycles. The zero-order valence-electron chi connectivity index (χ0n) is 13.8. The molecule has 140 valence electrons. The highest BCUT2D eigenvalue weighted by Gasteiger charge is 2.27. The summed E-state index contributed by atoms with van der Waals surface area (Å²) in [6, 6.07) is 14.3. The number of benzene rings is 2. The summed E-state index contributed by atoms with van der Waals surface area (Å²) in [5.74, 6) is -1.17. The number of hydrogen-bond donors (Lipinski definition) is 2. The van der Waals surface area contributed by atoms with Crippen molar-refractivity contribution in [3.63, 3.8) is 0 Å². The number of rotatable bonds is 6. The molecule has 0 fully saturated rings. The van der Waals surface area contributed by atoms with Crippen LogP contribution in [0.2, 0.25) is 0 Å². The average Bonchev–Trinajstić information content (AvgIpc) is 2.64. The lowest BCUT2D eigenvalue weighted by Crippen LogP contribution is -2.33. The van der Waals surface area contributed by atoms with Gasteiger partial charge in [-0.15, -0.1) is 11.8 Å². The number of amides is 2. The predicted molar refractivity (Wildman–Crippen MR) is 95.6 cm³/mol. The first-order valence-corrected chi connectivity index (χ1v) is 8.64. The highest BCUT2D eigenvalue weighted by Crippen LogP contribution is 2.23. The molecule has 0 aliphatic heterocycles. The van der Waals surface area contributed by atoms with Crippen LogP contribution in [0.5, 0.6) is 0 Å². The summed E-state index contributed by atoms with van der Waals surface area (Å²) >= 11 is 1.21. The van der Waals surface area contributed by atoms with Crippen molar-refractivity contribution in [2.75, 3.05) is 17.6 Å². The van der Waals surface area contributed by atoms with Gasteiger partial charge in [0.05, 0.1) is 17.4 Å². The van der Waals surface area contributed by atoms with Gasteiger partial charge >= 0.3 is 6.18 Å². The predicted octanol–water partition coefficient (Wildman–Crippen LogP) is 3.85. The SMILES string of the molecule is N#CCSc1ccccc1C(=O)Nc1cccc(C(=O)NCC(F)(F)F)c1. The first-order valence-electron chi connectivity index (χ1n) is 7.65. The van der Waals surface area contributed by atoms with Gasteiger partial charge in [0.1, 0.15) is 6.54 Å². The molecule has 0 radical (unpaired) electrons. The summed E-state index contributed by atoms with van der Waals surface area (Å²) in [5.41, 5.74) is 0.605. The average molecular weight is 393 g/mol. The Bertz CT molecular complexity index is 879. The normalized spacial score (nSPS) is 10.7. The number of hydrogen-bond acceptors (Lipinski definition) is 4. The van der Waals surface area contributed by atoms with E-state index in [2.05, 4.69) is 5.32 Å². The zero-order chi connectivity index (χ0) is 19.9. The molecule has 9 heteroatoms. The number of nitrogens with one attached hydrogen (secondary N) is 2. The van der Waals surface area contributed by atoms with Gasteiger partial charge in [0.25, 0.3) is 11.8 Å². The maximum atomic E-state index is 12.5. The van der Waals surface area contributed by atoms with Gasteiger partial charge in [0.2, 0.25) is 0 Å². The molecule has 0 spiro atoms. The van der Waals surface area contributed by atoms with Crippen molar-refractivity contribution in [3.05, 3.63) is 59.7 Å². The van der Waals surface area contributed by atoms with Gasteiger partial charge in [-0.25, -0.2) is 0 Å². The fraction of sp³-hybridized carbons (Fsp3) is 0.167. The molecule has 2 rings (SSSR count). The lowest BCUT2D eigenvalue weighted by atomic mass is 10.1. The Labute approximate surface area is 157 Å². The first kappa shape index (κ1) is 20.3. The standard InChI is InChI=1S/C18H14F3N3O2S/c19-18(20,21)11-23-16(25)12-4-3-5-13(10-12)24-17(26)14-6-1-2-7-15(14)27-9-8-22/h1-7,10H,9,11H2,(H,23,25)(H,24,26). The van der Waals surface area contributed by atoms with Gasteiger partial charge in [0, 0.05) is 16.1 Å². The second-order valence-corrected chi connectivity index (χ2v) is 6.29. The minimum absolute atomic E-state index is 0.0100. The number of nitrogens with zero attached hydrogens (tertiary/aromatic N) is 1. The van der Waals surface area contributed by atoms with Crippen LogP contribution in [0, 0.1) is 11.3 Å². The highest BCUT2D eigenvalue weighted by molar-refractivity contribution is 7.99. The second kappa shape index (κ2) is 9.09. The summed E-state index contributed by atoms with van der Waals surface area (Å²) in [7, 11) is 0. The molecule has 0 aliphatic rings. The van der Waals surface area contributed by atoms with E-state index in [1.807, 2.05) is 6.07 Å². The van der Waals surface area contributed by atoms with E-state index in [1.165, 1.54) is 36.0 Å². The summed E-state index contributed by atoms with van der Waals surface area (Å²) < 4.78 is 36.6. The van der Waals surface area contributed by atoms with Crippen LogP contribution in [-0.4, -0.2) is 30.3 Å². The van der Waals surface area contributed by atoms with Gasteiger partial charge in [-0.1, -0.05) is 18.2 Å². The Morgan fingerprint density at radius 3 is 2.52 bits per heavy atom. The number of alkyl halides is 3. The molecular formula is C18H14F3N3O2S. The molecule has 2 aromatic carbocycles. The monoisotopic (exact) mass is 393 g/mol. The largest absolute Gasteiger partial charge is 0.405 e. The number of anilines is 1.